The Morgan fingerprint density at radius 2 is 2.05 bits per heavy atom. The number of aliphatic hydroxyl groups excluding tert-OH is 1. The van der Waals surface area contributed by atoms with Crippen LogP contribution in [0.15, 0.2) is 18.2 Å². The van der Waals surface area contributed by atoms with E-state index in [1.165, 1.54) is 30.4 Å². The quantitative estimate of drug-likeness (QED) is 0.760. The second kappa shape index (κ2) is 4.49. The predicted molar refractivity (Wildman–Crippen MR) is 83.3 cm³/mol. The lowest BCUT2D eigenvalue weighted by atomic mass is 9.54. The van der Waals surface area contributed by atoms with E-state index in [-0.39, 0.29) is 6.10 Å². The number of hydrogen-bond donors (Lipinski definition) is 2. The van der Waals surface area contributed by atoms with Crippen molar-refractivity contribution in [2.75, 3.05) is 0 Å². The normalized spacial score (nSPS) is 44.8. The minimum Gasteiger partial charge on any atom is -0.508 e. The van der Waals surface area contributed by atoms with Gasteiger partial charge in [0.15, 0.2) is 0 Å². The number of phenolic OH excluding ortho intramolecular Hbond substituents is 1. The number of fused-ring (bicyclic) bond motifs is 5. The Hall–Kier alpha value is -1.02. The lowest BCUT2D eigenvalue weighted by Crippen LogP contribution is -2.42. The van der Waals surface area contributed by atoms with Crippen LogP contribution in [0.1, 0.15) is 56.6 Å². The Kier molecular flexibility index (Phi) is 2.91. The fourth-order valence-corrected chi connectivity index (χ4v) is 5.83. The van der Waals surface area contributed by atoms with E-state index in [4.69, 9.17) is 0 Å². The molecule has 3 aliphatic rings. The van der Waals surface area contributed by atoms with Gasteiger partial charge in [0.2, 0.25) is 0 Å². The first-order chi connectivity index (χ1) is 10.0. The van der Waals surface area contributed by atoms with Gasteiger partial charge in [-0.1, -0.05) is 19.9 Å². The van der Waals surface area contributed by atoms with Gasteiger partial charge < -0.3 is 10.2 Å². The number of aliphatic hydroxyl groups is 1. The van der Waals surface area contributed by atoms with Crippen molar-refractivity contribution < 1.29 is 10.2 Å². The van der Waals surface area contributed by atoms with Crippen LogP contribution in [-0.4, -0.2) is 16.3 Å². The molecule has 2 N–H and O–H groups in total. The fourth-order valence-electron chi connectivity index (χ4n) is 5.83. The molecular weight excluding hydrogens is 260 g/mol. The molecule has 114 valence electrons. The molecule has 2 saturated carbocycles. The van der Waals surface area contributed by atoms with Crippen molar-refractivity contribution in [2.45, 2.75) is 58.0 Å². The summed E-state index contributed by atoms with van der Waals surface area (Å²) in [5.41, 5.74) is 3.15. The Labute approximate surface area is 127 Å². The molecule has 2 nitrogen and oxygen atoms in total. The third kappa shape index (κ3) is 1.81. The third-order valence-corrected chi connectivity index (χ3v) is 7.26. The molecule has 1 aromatic rings. The molecule has 1 aromatic carbocycles. The zero-order chi connectivity index (χ0) is 14.8. The lowest BCUT2D eigenvalue weighted by Gasteiger charge is -2.50. The molecule has 0 heterocycles. The highest BCUT2D eigenvalue weighted by Crippen LogP contribution is 2.62. The van der Waals surface area contributed by atoms with Crippen molar-refractivity contribution in [1.29, 1.82) is 0 Å². The summed E-state index contributed by atoms with van der Waals surface area (Å²) in [6.45, 7) is 4.67. The van der Waals surface area contributed by atoms with E-state index < -0.39 is 0 Å². The summed E-state index contributed by atoms with van der Waals surface area (Å²) in [4.78, 5) is 0. The molecule has 3 aliphatic carbocycles. The Bertz CT molecular complexity index is 567. The maximum absolute atomic E-state index is 10.4. The summed E-state index contributed by atoms with van der Waals surface area (Å²) in [6.07, 6.45) is 5.67. The third-order valence-electron chi connectivity index (χ3n) is 7.26. The number of phenols is 1. The molecule has 0 aliphatic heterocycles. The molecule has 4 rings (SSSR count). The summed E-state index contributed by atoms with van der Waals surface area (Å²) >= 11 is 0. The number of aryl methyl sites for hydroxylation is 1. The van der Waals surface area contributed by atoms with Crippen LogP contribution in [0.3, 0.4) is 0 Å². The maximum Gasteiger partial charge on any atom is 0.115 e. The van der Waals surface area contributed by atoms with E-state index in [0.717, 1.165) is 18.8 Å². The molecule has 6 atom stereocenters. The van der Waals surface area contributed by atoms with Crippen LogP contribution < -0.4 is 0 Å². The van der Waals surface area contributed by atoms with Crippen LogP contribution in [0, 0.1) is 23.2 Å². The number of rotatable bonds is 0. The first-order valence-corrected chi connectivity index (χ1v) is 8.50. The van der Waals surface area contributed by atoms with Crippen LogP contribution in [-0.2, 0) is 6.42 Å². The molecule has 6 unspecified atom stereocenters. The van der Waals surface area contributed by atoms with Gasteiger partial charge in [0.25, 0.3) is 0 Å². The topological polar surface area (TPSA) is 40.5 Å². The van der Waals surface area contributed by atoms with Crippen LogP contribution in [0.5, 0.6) is 5.75 Å². The standard InChI is InChI=1S/C19H26O2/c1-11-18(21)10-17-16-5-3-12-9-13(20)4-6-14(12)15(16)7-8-19(11,17)2/h4,6,9,11,15-18,20-21H,3,5,7-8,10H2,1-2H3. The van der Waals surface area contributed by atoms with E-state index in [2.05, 4.69) is 19.9 Å². The molecular formula is C19H26O2. The van der Waals surface area contributed by atoms with Gasteiger partial charge in [-0.25, -0.2) is 0 Å². The summed E-state index contributed by atoms with van der Waals surface area (Å²) in [5.74, 6) is 2.87. The van der Waals surface area contributed by atoms with Gasteiger partial charge in [-0.15, -0.1) is 0 Å². The second-order valence-corrected chi connectivity index (χ2v) is 7.93. The average Bonchev–Trinajstić information content (AvgIpc) is 2.70. The van der Waals surface area contributed by atoms with E-state index in [0.29, 0.717) is 28.9 Å². The molecule has 0 aromatic heterocycles. The van der Waals surface area contributed by atoms with Gasteiger partial charge in [-0.05, 0) is 84.5 Å². The zero-order valence-corrected chi connectivity index (χ0v) is 13.0. The SMILES string of the molecule is CC1C(O)CC2C3CCc4cc(O)ccc4C3CCC12C. The zero-order valence-electron chi connectivity index (χ0n) is 13.0. The largest absolute Gasteiger partial charge is 0.508 e. The van der Waals surface area contributed by atoms with Crippen molar-refractivity contribution in [2.24, 2.45) is 23.2 Å². The number of hydrogen-bond acceptors (Lipinski definition) is 2. The van der Waals surface area contributed by atoms with Gasteiger partial charge in [0.05, 0.1) is 6.10 Å². The highest BCUT2D eigenvalue weighted by Gasteiger charge is 2.56. The minimum atomic E-state index is -0.111. The van der Waals surface area contributed by atoms with Gasteiger partial charge in [0, 0.05) is 0 Å². The van der Waals surface area contributed by atoms with Gasteiger partial charge in [-0.2, -0.15) is 0 Å². The Morgan fingerprint density at radius 3 is 2.86 bits per heavy atom. The van der Waals surface area contributed by atoms with Crippen LogP contribution in [0.4, 0.5) is 0 Å². The molecule has 0 spiro atoms. The lowest BCUT2D eigenvalue weighted by molar-refractivity contribution is 0.0245. The molecule has 0 bridgehead atoms. The van der Waals surface area contributed by atoms with Gasteiger partial charge in [-0.3, -0.25) is 0 Å². The first kappa shape index (κ1) is 13.6. The highest BCUT2D eigenvalue weighted by atomic mass is 16.3. The smallest absolute Gasteiger partial charge is 0.115 e. The van der Waals surface area contributed by atoms with Crippen LogP contribution in [0.25, 0.3) is 0 Å². The van der Waals surface area contributed by atoms with Crippen molar-refractivity contribution in [1.82, 2.24) is 0 Å². The minimum absolute atomic E-state index is 0.111. The van der Waals surface area contributed by atoms with Crippen molar-refractivity contribution in [3.63, 3.8) is 0 Å². The summed E-state index contributed by atoms with van der Waals surface area (Å²) < 4.78 is 0. The summed E-state index contributed by atoms with van der Waals surface area (Å²) in [5, 5.41) is 20.1. The summed E-state index contributed by atoms with van der Waals surface area (Å²) in [6, 6.07) is 5.96. The van der Waals surface area contributed by atoms with E-state index in [1.54, 1.807) is 0 Å². The maximum atomic E-state index is 10.4. The highest BCUT2D eigenvalue weighted by molar-refractivity contribution is 5.40. The van der Waals surface area contributed by atoms with Crippen molar-refractivity contribution in [3.05, 3.63) is 29.3 Å². The van der Waals surface area contributed by atoms with E-state index in [1.807, 2.05) is 12.1 Å². The number of benzene rings is 1. The molecule has 0 amide bonds. The van der Waals surface area contributed by atoms with E-state index >= 15 is 0 Å². The number of aromatic hydroxyl groups is 1. The van der Waals surface area contributed by atoms with Gasteiger partial charge >= 0.3 is 0 Å². The molecule has 21 heavy (non-hydrogen) atoms. The van der Waals surface area contributed by atoms with E-state index in [9.17, 15) is 10.2 Å². The van der Waals surface area contributed by atoms with Crippen LogP contribution >= 0.6 is 0 Å². The first-order valence-electron chi connectivity index (χ1n) is 8.50. The van der Waals surface area contributed by atoms with Crippen molar-refractivity contribution >= 4 is 0 Å². The molecule has 2 fully saturated rings. The second-order valence-electron chi connectivity index (χ2n) is 7.93. The Balaban J connectivity index is 1.71. The van der Waals surface area contributed by atoms with Gasteiger partial charge in [0.1, 0.15) is 5.75 Å². The molecule has 2 heteroatoms. The Morgan fingerprint density at radius 1 is 1.24 bits per heavy atom. The van der Waals surface area contributed by atoms with Crippen LogP contribution in [0.2, 0.25) is 0 Å². The fraction of sp³-hybridized carbons (Fsp3) is 0.684. The van der Waals surface area contributed by atoms with Crippen molar-refractivity contribution in [3.8, 4) is 5.75 Å². The predicted octanol–water partition coefficient (Wildman–Crippen LogP) is 3.86. The molecule has 0 saturated heterocycles. The molecule has 0 radical (unpaired) electrons. The monoisotopic (exact) mass is 286 g/mol. The average molecular weight is 286 g/mol. The summed E-state index contributed by atoms with van der Waals surface area (Å²) in [7, 11) is 0.